The van der Waals surface area contributed by atoms with Crippen LogP contribution in [0.2, 0.25) is 5.02 Å². The number of phenols is 1. The third kappa shape index (κ3) is 2.80. The van der Waals surface area contributed by atoms with Crippen LogP contribution in [0, 0.1) is 0 Å². The highest BCUT2D eigenvalue weighted by Crippen LogP contribution is 2.48. The van der Waals surface area contributed by atoms with E-state index in [9.17, 15) is 5.11 Å². The number of ether oxygens (including phenoxy) is 1. The lowest BCUT2D eigenvalue weighted by atomic mass is 9.96. The van der Waals surface area contributed by atoms with E-state index in [0.717, 1.165) is 21.5 Å². The van der Waals surface area contributed by atoms with Gasteiger partial charge in [0.05, 0.1) is 18.0 Å². The van der Waals surface area contributed by atoms with Crippen LogP contribution in [-0.4, -0.2) is 15.8 Å². The van der Waals surface area contributed by atoms with Crippen LogP contribution in [0.3, 0.4) is 0 Å². The van der Waals surface area contributed by atoms with Crippen molar-refractivity contribution in [3.05, 3.63) is 81.2 Å². The van der Waals surface area contributed by atoms with E-state index in [4.69, 9.17) is 25.9 Å². The summed E-state index contributed by atoms with van der Waals surface area (Å²) in [5.74, 6) is 1.63. The maximum Gasteiger partial charge on any atom is 0.246 e. The highest BCUT2D eigenvalue weighted by molar-refractivity contribution is 9.10. The molecule has 0 unspecified atom stereocenters. The van der Waals surface area contributed by atoms with Gasteiger partial charge in [-0.3, -0.25) is 0 Å². The van der Waals surface area contributed by atoms with E-state index < -0.39 is 6.23 Å². The number of furan rings is 1. The van der Waals surface area contributed by atoms with E-state index in [0.29, 0.717) is 22.8 Å². The lowest BCUT2D eigenvalue weighted by molar-refractivity contribution is -0.0325. The summed E-state index contributed by atoms with van der Waals surface area (Å²) >= 11 is 9.67. The largest absolute Gasteiger partial charge is 0.507 e. The van der Waals surface area contributed by atoms with Crippen molar-refractivity contribution in [3.63, 3.8) is 0 Å². The molecule has 0 bridgehead atoms. The topological polar surface area (TPSA) is 58.2 Å². The van der Waals surface area contributed by atoms with Crippen molar-refractivity contribution in [3.8, 4) is 11.5 Å². The molecule has 5 nitrogen and oxygen atoms in total. The summed E-state index contributed by atoms with van der Waals surface area (Å²) in [5.41, 5.74) is 2.42. The molecule has 0 spiro atoms. The van der Waals surface area contributed by atoms with E-state index in [1.165, 1.54) is 0 Å². The number of aromatic hydroxyl groups is 1. The standard InChI is InChI=1S/C20H14BrClN2O3/c21-11-3-6-18-14(8-11)16-10-15(13-9-12(22)4-5-17(13)25)23-24(16)20(27-18)19-2-1-7-26-19/h1-9,16,20,25H,10H2/t16-,20-/m0/s1. The molecule has 0 saturated heterocycles. The van der Waals surface area contributed by atoms with Crippen LogP contribution >= 0.6 is 27.5 Å². The van der Waals surface area contributed by atoms with Gasteiger partial charge >= 0.3 is 0 Å². The number of fused-ring (bicyclic) bond motifs is 3. The molecule has 7 heteroatoms. The molecule has 27 heavy (non-hydrogen) atoms. The molecule has 2 aliphatic heterocycles. The Kier molecular flexibility index (Phi) is 3.91. The summed E-state index contributed by atoms with van der Waals surface area (Å²) in [7, 11) is 0. The van der Waals surface area contributed by atoms with Gasteiger partial charge in [0.1, 0.15) is 11.5 Å². The first-order valence-electron chi connectivity index (χ1n) is 8.44. The molecule has 0 amide bonds. The normalized spacial score (nSPS) is 20.7. The number of benzene rings is 2. The minimum atomic E-state index is -0.475. The highest BCUT2D eigenvalue weighted by atomic mass is 79.9. The third-order valence-electron chi connectivity index (χ3n) is 4.81. The summed E-state index contributed by atoms with van der Waals surface area (Å²) in [4.78, 5) is 0. The molecule has 2 atom stereocenters. The molecule has 1 aromatic heterocycles. The molecule has 3 aromatic rings. The Balaban J connectivity index is 1.63. The number of nitrogens with zero attached hydrogens (tertiary/aromatic N) is 2. The Hall–Kier alpha value is -2.44. The maximum atomic E-state index is 10.3. The predicted molar refractivity (Wildman–Crippen MR) is 105 cm³/mol. The van der Waals surface area contributed by atoms with Gasteiger partial charge in [-0.15, -0.1) is 0 Å². The average Bonchev–Trinajstić information content (AvgIpc) is 3.33. The van der Waals surface area contributed by atoms with Crippen molar-refractivity contribution in [2.75, 3.05) is 0 Å². The van der Waals surface area contributed by atoms with Gasteiger partial charge in [-0.2, -0.15) is 5.10 Å². The number of halogens is 2. The molecule has 136 valence electrons. The summed E-state index contributed by atoms with van der Waals surface area (Å²) in [6, 6.07) is 14.6. The molecule has 2 aliphatic rings. The second kappa shape index (κ2) is 6.32. The van der Waals surface area contributed by atoms with Gasteiger partial charge in [0.15, 0.2) is 5.76 Å². The van der Waals surface area contributed by atoms with Gasteiger partial charge in [0.2, 0.25) is 6.23 Å². The fourth-order valence-electron chi connectivity index (χ4n) is 3.58. The minimum Gasteiger partial charge on any atom is -0.507 e. The monoisotopic (exact) mass is 444 g/mol. The molecule has 0 saturated carbocycles. The van der Waals surface area contributed by atoms with Crippen molar-refractivity contribution in [2.45, 2.75) is 18.7 Å². The fourth-order valence-corrected chi connectivity index (χ4v) is 4.13. The fraction of sp³-hybridized carbons (Fsp3) is 0.150. The third-order valence-corrected chi connectivity index (χ3v) is 5.54. The summed E-state index contributed by atoms with van der Waals surface area (Å²) in [5, 5.41) is 17.5. The second-order valence-corrected chi connectivity index (χ2v) is 7.83. The Morgan fingerprint density at radius 2 is 2.07 bits per heavy atom. The van der Waals surface area contributed by atoms with Crippen LogP contribution in [0.5, 0.6) is 11.5 Å². The van der Waals surface area contributed by atoms with Crippen LogP contribution in [0.15, 0.2) is 68.8 Å². The van der Waals surface area contributed by atoms with E-state index >= 15 is 0 Å². The van der Waals surface area contributed by atoms with Crippen LogP contribution in [0.1, 0.15) is 35.6 Å². The van der Waals surface area contributed by atoms with Gasteiger partial charge in [0.25, 0.3) is 0 Å². The van der Waals surface area contributed by atoms with E-state index in [-0.39, 0.29) is 11.8 Å². The van der Waals surface area contributed by atoms with Crippen molar-refractivity contribution in [2.24, 2.45) is 5.10 Å². The molecule has 0 fully saturated rings. The zero-order valence-electron chi connectivity index (χ0n) is 14.0. The molecular formula is C20H14BrClN2O3. The number of phenolic OH excluding ortho intramolecular Hbond substituents is 1. The number of hydrogen-bond donors (Lipinski definition) is 1. The molecule has 2 aromatic carbocycles. The van der Waals surface area contributed by atoms with Crippen LogP contribution in [0.25, 0.3) is 0 Å². The first-order valence-corrected chi connectivity index (χ1v) is 9.61. The quantitative estimate of drug-likeness (QED) is 0.554. The molecule has 0 aliphatic carbocycles. The van der Waals surface area contributed by atoms with Gasteiger partial charge < -0.3 is 14.3 Å². The zero-order valence-corrected chi connectivity index (χ0v) is 16.3. The molecule has 1 N–H and O–H groups in total. The van der Waals surface area contributed by atoms with Crippen molar-refractivity contribution in [1.82, 2.24) is 5.01 Å². The van der Waals surface area contributed by atoms with Gasteiger partial charge in [0, 0.05) is 27.0 Å². The van der Waals surface area contributed by atoms with Crippen molar-refractivity contribution in [1.29, 1.82) is 0 Å². The molecule has 5 rings (SSSR count). The van der Waals surface area contributed by atoms with Crippen LogP contribution < -0.4 is 4.74 Å². The van der Waals surface area contributed by atoms with E-state index in [2.05, 4.69) is 15.9 Å². The lowest BCUT2D eigenvalue weighted by Gasteiger charge is -2.37. The van der Waals surface area contributed by atoms with E-state index in [1.54, 1.807) is 24.5 Å². The number of rotatable bonds is 2. The van der Waals surface area contributed by atoms with Crippen LogP contribution in [-0.2, 0) is 0 Å². The Morgan fingerprint density at radius 1 is 1.19 bits per heavy atom. The summed E-state index contributed by atoms with van der Waals surface area (Å²) in [6.45, 7) is 0. The lowest BCUT2D eigenvalue weighted by Crippen LogP contribution is -2.33. The Labute approximate surface area is 168 Å². The highest BCUT2D eigenvalue weighted by Gasteiger charge is 2.42. The van der Waals surface area contributed by atoms with Gasteiger partial charge in [-0.25, -0.2) is 5.01 Å². The van der Waals surface area contributed by atoms with Crippen LogP contribution in [0.4, 0.5) is 0 Å². The van der Waals surface area contributed by atoms with E-state index in [1.807, 2.05) is 35.3 Å². The van der Waals surface area contributed by atoms with Crippen molar-refractivity contribution >= 4 is 33.2 Å². The first-order chi connectivity index (χ1) is 13.1. The molecule has 0 radical (unpaired) electrons. The molecular weight excluding hydrogens is 432 g/mol. The zero-order chi connectivity index (χ0) is 18.5. The average molecular weight is 446 g/mol. The first kappa shape index (κ1) is 16.7. The smallest absolute Gasteiger partial charge is 0.246 e. The SMILES string of the molecule is Oc1ccc(Cl)cc1C1=NN2[C@@H](C1)c1cc(Br)ccc1O[C@H]2c1ccco1. The van der Waals surface area contributed by atoms with Gasteiger partial charge in [-0.1, -0.05) is 27.5 Å². The summed E-state index contributed by atoms with van der Waals surface area (Å²) in [6.07, 6.45) is 1.77. The molecule has 3 heterocycles. The second-order valence-electron chi connectivity index (χ2n) is 6.48. The number of hydrogen-bond acceptors (Lipinski definition) is 5. The minimum absolute atomic E-state index is 0.0327. The van der Waals surface area contributed by atoms with Gasteiger partial charge in [-0.05, 0) is 48.5 Å². The number of hydrazone groups is 1. The maximum absolute atomic E-state index is 10.3. The Morgan fingerprint density at radius 3 is 2.89 bits per heavy atom. The summed E-state index contributed by atoms with van der Waals surface area (Å²) < 4.78 is 12.8. The van der Waals surface area contributed by atoms with Crippen molar-refractivity contribution < 1.29 is 14.3 Å². The Bertz CT molecular complexity index is 1050. The predicted octanol–water partition coefficient (Wildman–Crippen LogP) is 5.64.